The lowest BCUT2D eigenvalue weighted by molar-refractivity contribution is -0.0426. The third kappa shape index (κ3) is 11.7. The van der Waals surface area contributed by atoms with Gasteiger partial charge in [-0.2, -0.15) is 0 Å². The molecule has 0 aliphatic rings. The summed E-state index contributed by atoms with van der Waals surface area (Å²) in [4.78, 5) is 1.98. The van der Waals surface area contributed by atoms with Crippen LogP contribution in [0.4, 0.5) is 0 Å². The molecular formula is C17H39NO7P2. The molecule has 8 nitrogen and oxygen atoms in total. The van der Waals surface area contributed by atoms with Gasteiger partial charge in [0, 0.05) is 19.7 Å². The molecule has 0 radical (unpaired) electrons. The molecule has 0 aliphatic carbocycles. The van der Waals surface area contributed by atoms with Gasteiger partial charge < -0.3 is 22.8 Å². The van der Waals surface area contributed by atoms with Gasteiger partial charge in [-0.1, -0.05) is 6.92 Å². The average molecular weight is 431 g/mol. The van der Waals surface area contributed by atoms with E-state index in [1.807, 2.05) is 18.7 Å². The quantitative estimate of drug-likeness (QED) is 0.230. The molecule has 27 heavy (non-hydrogen) atoms. The summed E-state index contributed by atoms with van der Waals surface area (Å²) in [5, 5.41) is 0. The van der Waals surface area contributed by atoms with E-state index < -0.39 is 15.2 Å². The molecule has 0 aliphatic heterocycles. The summed E-state index contributed by atoms with van der Waals surface area (Å²) in [7, 11) is -6.31. The first-order valence-corrected chi connectivity index (χ1v) is 13.4. The van der Waals surface area contributed by atoms with Crippen LogP contribution in [0.25, 0.3) is 0 Å². The van der Waals surface area contributed by atoms with Crippen molar-refractivity contribution in [3.05, 3.63) is 0 Å². The molecule has 1 unspecified atom stereocenters. The van der Waals surface area contributed by atoms with Crippen LogP contribution in [0.3, 0.4) is 0 Å². The molecule has 0 N–H and O–H groups in total. The molecule has 0 spiro atoms. The highest BCUT2D eigenvalue weighted by Gasteiger charge is 2.29. The molecule has 0 bridgehead atoms. The minimum Gasteiger partial charge on any atom is -0.363 e. The van der Waals surface area contributed by atoms with Gasteiger partial charge in [-0.15, -0.1) is 0 Å². The fourth-order valence-corrected chi connectivity index (χ4v) is 5.73. The molecule has 0 fully saturated rings. The highest BCUT2D eigenvalue weighted by molar-refractivity contribution is 7.54. The van der Waals surface area contributed by atoms with Crippen molar-refractivity contribution < 1.29 is 32.0 Å². The maximum atomic E-state index is 12.7. The smallest absolute Gasteiger partial charge is 0.331 e. The molecule has 0 aromatic heterocycles. The minimum absolute atomic E-state index is 0.224. The van der Waals surface area contributed by atoms with Crippen molar-refractivity contribution in [3.63, 3.8) is 0 Å². The van der Waals surface area contributed by atoms with Crippen LogP contribution in [0, 0.1) is 0 Å². The summed E-state index contributed by atoms with van der Waals surface area (Å²) >= 11 is 0. The Hall–Kier alpha value is 0.220. The number of hydrogen-bond donors (Lipinski definition) is 0. The maximum absolute atomic E-state index is 12.7. The predicted octanol–water partition coefficient (Wildman–Crippen LogP) is 4.59. The highest BCUT2D eigenvalue weighted by Crippen LogP contribution is 2.49. The van der Waals surface area contributed by atoms with E-state index in [1.54, 1.807) is 27.7 Å². The second-order valence-corrected chi connectivity index (χ2v) is 10.2. The van der Waals surface area contributed by atoms with Crippen molar-refractivity contribution in [1.29, 1.82) is 0 Å². The normalized spacial score (nSPS) is 14.0. The SMILES string of the molecule is CCCOC(C)N(CCP(=O)(OCC)OCC)CCP(=O)(OCC)OCC. The van der Waals surface area contributed by atoms with E-state index in [0.717, 1.165) is 6.42 Å². The van der Waals surface area contributed by atoms with Crippen LogP contribution < -0.4 is 0 Å². The molecule has 0 rings (SSSR count). The summed E-state index contributed by atoms with van der Waals surface area (Å²) in [6.45, 7) is 13.9. The maximum Gasteiger partial charge on any atom is 0.331 e. The zero-order valence-electron chi connectivity index (χ0n) is 17.8. The average Bonchev–Trinajstić information content (AvgIpc) is 2.60. The fraction of sp³-hybridized carbons (Fsp3) is 1.00. The molecule has 0 heterocycles. The molecule has 0 saturated heterocycles. The third-order valence-electron chi connectivity index (χ3n) is 3.70. The van der Waals surface area contributed by atoms with Crippen LogP contribution in [0.2, 0.25) is 0 Å². The van der Waals surface area contributed by atoms with E-state index in [4.69, 9.17) is 22.8 Å². The second kappa shape index (κ2) is 15.1. The molecule has 0 saturated carbocycles. The zero-order chi connectivity index (χ0) is 20.8. The van der Waals surface area contributed by atoms with Crippen molar-refractivity contribution in [2.75, 3.05) is 58.4 Å². The molecule has 0 aromatic rings. The van der Waals surface area contributed by atoms with Crippen molar-refractivity contribution in [2.24, 2.45) is 0 Å². The summed E-state index contributed by atoms with van der Waals surface area (Å²) in [6, 6.07) is 0. The van der Waals surface area contributed by atoms with Crippen molar-refractivity contribution in [1.82, 2.24) is 4.90 Å². The van der Waals surface area contributed by atoms with Gasteiger partial charge in [-0.25, -0.2) is 0 Å². The summed E-state index contributed by atoms with van der Waals surface area (Å²) in [5.41, 5.74) is 0. The zero-order valence-corrected chi connectivity index (χ0v) is 19.6. The first-order chi connectivity index (χ1) is 12.8. The molecule has 164 valence electrons. The lowest BCUT2D eigenvalue weighted by atomic mass is 10.4. The van der Waals surface area contributed by atoms with Crippen LogP contribution in [0.1, 0.15) is 48.0 Å². The van der Waals surface area contributed by atoms with E-state index in [1.165, 1.54) is 0 Å². The van der Waals surface area contributed by atoms with Gasteiger partial charge in [0.2, 0.25) is 0 Å². The Labute approximate surface area is 165 Å². The summed E-state index contributed by atoms with van der Waals surface area (Å²) < 4.78 is 52.8. The highest BCUT2D eigenvalue weighted by atomic mass is 31.2. The van der Waals surface area contributed by atoms with Crippen molar-refractivity contribution in [2.45, 2.75) is 54.2 Å². The predicted molar refractivity (Wildman–Crippen MR) is 109 cm³/mol. The van der Waals surface area contributed by atoms with Crippen molar-refractivity contribution >= 4 is 15.2 Å². The second-order valence-electron chi connectivity index (χ2n) is 5.85. The number of hydrogen-bond acceptors (Lipinski definition) is 8. The van der Waals surface area contributed by atoms with E-state index in [9.17, 15) is 9.13 Å². The Balaban J connectivity index is 5.05. The first kappa shape index (κ1) is 27.2. The van der Waals surface area contributed by atoms with Gasteiger partial charge in [0.1, 0.15) is 6.23 Å². The van der Waals surface area contributed by atoms with Gasteiger partial charge in [-0.05, 0) is 41.0 Å². The fourth-order valence-electron chi connectivity index (χ4n) is 2.49. The summed E-state index contributed by atoms with van der Waals surface area (Å²) in [5.74, 6) is 0. The molecule has 1 atom stereocenters. The Morgan fingerprint density at radius 3 is 1.41 bits per heavy atom. The first-order valence-electron chi connectivity index (χ1n) is 9.91. The van der Waals surface area contributed by atoms with Crippen LogP contribution in [-0.4, -0.2) is 69.6 Å². The van der Waals surface area contributed by atoms with Gasteiger partial charge in [0.15, 0.2) is 0 Å². The van der Waals surface area contributed by atoms with Gasteiger partial charge in [-0.3, -0.25) is 14.0 Å². The molecular weight excluding hydrogens is 392 g/mol. The standard InChI is InChI=1S/C17H39NO7P2/c1-7-14-21-17(6)18(12-15-26(19,22-8-2)23-9-3)13-16-27(20,24-10-4)25-11-5/h17H,7-16H2,1-6H3. The lowest BCUT2D eigenvalue weighted by Gasteiger charge is -2.31. The van der Waals surface area contributed by atoms with Gasteiger partial charge in [0.05, 0.1) is 38.8 Å². The Bertz CT molecular complexity index is 411. The largest absolute Gasteiger partial charge is 0.363 e. The third-order valence-corrected chi connectivity index (χ3v) is 7.80. The van der Waals surface area contributed by atoms with Gasteiger partial charge >= 0.3 is 15.2 Å². The molecule has 0 amide bonds. The minimum atomic E-state index is -3.16. The number of rotatable bonds is 18. The van der Waals surface area contributed by atoms with Gasteiger partial charge in [0.25, 0.3) is 0 Å². The van der Waals surface area contributed by atoms with E-state index in [0.29, 0.717) is 46.1 Å². The summed E-state index contributed by atoms with van der Waals surface area (Å²) in [6.07, 6.45) is 1.15. The van der Waals surface area contributed by atoms with Crippen LogP contribution in [-0.2, 0) is 32.0 Å². The Kier molecular flexibility index (Phi) is 15.2. The monoisotopic (exact) mass is 431 g/mol. The van der Waals surface area contributed by atoms with Crippen molar-refractivity contribution in [3.8, 4) is 0 Å². The van der Waals surface area contributed by atoms with E-state index >= 15 is 0 Å². The van der Waals surface area contributed by atoms with Crippen LogP contribution in [0.5, 0.6) is 0 Å². The lowest BCUT2D eigenvalue weighted by Crippen LogP contribution is -2.39. The van der Waals surface area contributed by atoms with Crippen LogP contribution in [0.15, 0.2) is 0 Å². The number of ether oxygens (including phenoxy) is 1. The van der Waals surface area contributed by atoms with Crippen LogP contribution >= 0.6 is 15.2 Å². The van der Waals surface area contributed by atoms with E-state index in [2.05, 4.69) is 0 Å². The van der Waals surface area contributed by atoms with E-state index in [-0.39, 0.29) is 18.6 Å². The topological polar surface area (TPSA) is 83.5 Å². The Morgan fingerprint density at radius 1 is 0.741 bits per heavy atom. The Morgan fingerprint density at radius 2 is 1.11 bits per heavy atom. The number of nitrogens with zero attached hydrogens (tertiary/aromatic N) is 1. The molecule has 10 heteroatoms. The molecule has 0 aromatic carbocycles.